The number of pyridine rings is 4. The molecule has 0 spiro atoms. The number of aliphatic hydroxyl groups excluding tert-OH is 1. The molecule has 0 unspecified atom stereocenters. The van der Waals surface area contributed by atoms with E-state index in [0.29, 0.717) is 11.3 Å². The van der Waals surface area contributed by atoms with Crippen LogP contribution in [0.15, 0.2) is 58.1 Å². The van der Waals surface area contributed by atoms with Crippen molar-refractivity contribution < 1.29 is 9.84 Å². The van der Waals surface area contributed by atoms with E-state index in [-0.39, 0.29) is 17.2 Å². The van der Waals surface area contributed by atoms with Gasteiger partial charge in [0, 0.05) is 152 Å². The molecule has 4 aromatic heterocycles. The van der Waals surface area contributed by atoms with Gasteiger partial charge in [0.05, 0.1) is 11.8 Å². The van der Waals surface area contributed by atoms with E-state index in [2.05, 4.69) is 90.7 Å². The summed E-state index contributed by atoms with van der Waals surface area (Å²) in [5.41, 5.74) is 9.83. The summed E-state index contributed by atoms with van der Waals surface area (Å²) in [6, 6.07) is 17.0. The third kappa shape index (κ3) is 15.0. The highest BCUT2D eigenvalue weighted by Gasteiger charge is 2.30. The van der Waals surface area contributed by atoms with Crippen LogP contribution >= 0.6 is 11.6 Å². The van der Waals surface area contributed by atoms with Gasteiger partial charge in [-0.1, -0.05) is 48.7 Å². The Morgan fingerprint density at radius 2 is 0.942 bits per heavy atom. The molecule has 6 aliphatic heterocycles. The summed E-state index contributed by atoms with van der Waals surface area (Å²) in [5.74, 6) is 0.838. The fourth-order valence-corrected chi connectivity index (χ4v) is 10.8. The lowest BCUT2D eigenvalue weighted by atomic mass is 9.90. The standard InChI is InChI=1S/C18H27N3O.C9H11ClN2.2C9H12N2O.C9H17NO/c1-20-10-9-17-14(13-20)5-6-18(19-17)22-16-7-11-21(12-8-16)15-3-2-4-15;1-12-5-4-8-7(6-12)2-3-9(10)11-8;2*1-11-5-4-8-7(6-11)2-3-9(12)10-8;11-9-4-6-10(7-5-9)8-2-1-3-8/h5-6,15-16H,2-4,7-13H2,1H3;2-3H,4-6H2,1H3;2*2-3H,4-6H2,1H3,(H,10,12);8-9,11H,1-7H2. The molecule has 2 saturated carbocycles. The van der Waals surface area contributed by atoms with Crippen LogP contribution in [0.1, 0.15) is 109 Å². The van der Waals surface area contributed by atoms with Crippen LogP contribution in [-0.2, 0) is 51.9 Å². The molecular weight excluding hydrogens is 888 g/mol. The van der Waals surface area contributed by atoms with Gasteiger partial charge in [-0.15, -0.1) is 0 Å². The smallest absolute Gasteiger partial charge is 0.248 e. The lowest BCUT2D eigenvalue weighted by molar-refractivity contribution is 0.0385. The number of aromatic nitrogens is 4. The third-order valence-corrected chi connectivity index (χ3v) is 15.6. The molecular formula is C54H79ClN10O4. The number of H-pyrrole nitrogens is 2. The number of likely N-dealkylation sites (N-methyl/N-ethyl adjacent to an activating group) is 4. The normalized spacial score (nSPS) is 21.8. The maximum absolute atomic E-state index is 11.0. The molecule has 0 amide bonds. The van der Waals surface area contributed by atoms with E-state index < -0.39 is 0 Å². The molecule has 12 rings (SSSR count). The fraction of sp³-hybridized carbons (Fsp3) is 0.630. The molecule has 0 radical (unpaired) electrons. The predicted molar refractivity (Wildman–Crippen MR) is 275 cm³/mol. The molecule has 0 bridgehead atoms. The average molecular weight is 968 g/mol. The van der Waals surface area contributed by atoms with E-state index in [1.807, 2.05) is 18.2 Å². The first-order valence-electron chi connectivity index (χ1n) is 26.0. The Kier molecular flexibility index (Phi) is 18.5. The zero-order chi connectivity index (χ0) is 48.3. The molecule has 3 N–H and O–H groups in total. The van der Waals surface area contributed by atoms with Crippen molar-refractivity contribution in [2.75, 3.05) is 80.5 Å². The van der Waals surface area contributed by atoms with Crippen molar-refractivity contribution in [3.8, 4) is 5.88 Å². The van der Waals surface area contributed by atoms with Crippen LogP contribution in [0.25, 0.3) is 0 Å². The largest absolute Gasteiger partial charge is 0.474 e. The summed E-state index contributed by atoms with van der Waals surface area (Å²) < 4.78 is 6.18. The monoisotopic (exact) mass is 967 g/mol. The van der Waals surface area contributed by atoms with E-state index in [1.165, 1.54) is 85.3 Å². The number of aromatic amines is 2. The zero-order valence-corrected chi connectivity index (χ0v) is 42.7. The van der Waals surface area contributed by atoms with Gasteiger partial charge >= 0.3 is 0 Å². The summed E-state index contributed by atoms with van der Waals surface area (Å²) in [6.45, 7) is 12.8. The van der Waals surface area contributed by atoms with Crippen molar-refractivity contribution in [2.45, 2.75) is 140 Å². The van der Waals surface area contributed by atoms with Gasteiger partial charge in [-0.25, -0.2) is 9.97 Å². The Morgan fingerprint density at radius 3 is 1.42 bits per heavy atom. The Labute approximate surface area is 415 Å². The SMILES string of the molecule is CN1CCc2[nH]c(=O)ccc2C1.CN1CCc2[nH]c(=O)ccc2C1.CN1CCc2nc(Cl)ccc2C1.CN1CCc2nc(OC3CCN(C4CCC4)CC3)ccc2C1.OC1CCN(C2CCC2)CC1. The fourth-order valence-electron chi connectivity index (χ4n) is 10.6. The second-order valence-electron chi connectivity index (χ2n) is 20.9. The number of piperidine rings is 2. The summed E-state index contributed by atoms with van der Waals surface area (Å²) in [7, 11) is 8.48. The number of rotatable bonds is 4. The van der Waals surface area contributed by atoms with E-state index >= 15 is 0 Å². The average Bonchev–Trinajstić information content (AvgIpc) is 3.30. The van der Waals surface area contributed by atoms with Gasteiger partial charge < -0.3 is 49.2 Å². The molecule has 8 aliphatic rings. The van der Waals surface area contributed by atoms with Gasteiger partial charge in [-0.3, -0.25) is 9.59 Å². The minimum absolute atomic E-state index is 0.00803. The molecule has 2 saturated heterocycles. The number of fused-ring (bicyclic) bond motifs is 4. The van der Waals surface area contributed by atoms with Gasteiger partial charge in [-0.05, 0) is 108 Å². The molecule has 376 valence electrons. The van der Waals surface area contributed by atoms with Crippen LogP contribution in [0.4, 0.5) is 0 Å². The number of halogens is 1. The van der Waals surface area contributed by atoms with Crippen molar-refractivity contribution in [3.05, 3.63) is 119 Å². The number of likely N-dealkylation sites (tertiary alicyclic amines) is 2. The number of nitrogens with one attached hydrogen (secondary N) is 2. The highest BCUT2D eigenvalue weighted by Crippen LogP contribution is 2.30. The van der Waals surface area contributed by atoms with Crippen LogP contribution < -0.4 is 15.9 Å². The number of nitrogens with zero attached hydrogens (tertiary/aromatic N) is 8. The molecule has 10 heterocycles. The summed E-state index contributed by atoms with van der Waals surface area (Å²) in [5, 5.41) is 9.88. The first-order chi connectivity index (χ1) is 33.4. The summed E-state index contributed by atoms with van der Waals surface area (Å²) in [6.07, 6.45) is 17.1. The van der Waals surface area contributed by atoms with Gasteiger partial charge in [-0.2, -0.15) is 0 Å². The molecule has 14 nitrogen and oxygen atoms in total. The molecule has 4 aromatic rings. The quantitative estimate of drug-likeness (QED) is 0.210. The lowest BCUT2D eigenvalue weighted by Gasteiger charge is -2.41. The van der Waals surface area contributed by atoms with Crippen molar-refractivity contribution in [1.29, 1.82) is 0 Å². The maximum Gasteiger partial charge on any atom is 0.248 e. The molecule has 0 aromatic carbocycles. The van der Waals surface area contributed by atoms with Gasteiger partial charge in [0.15, 0.2) is 0 Å². The summed E-state index contributed by atoms with van der Waals surface area (Å²) >= 11 is 5.79. The molecule has 15 heteroatoms. The number of ether oxygens (including phenoxy) is 1. The first kappa shape index (κ1) is 51.4. The first-order valence-corrected chi connectivity index (χ1v) is 26.4. The van der Waals surface area contributed by atoms with Crippen LogP contribution in [0.2, 0.25) is 5.15 Å². The van der Waals surface area contributed by atoms with Crippen molar-refractivity contribution in [2.24, 2.45) is 0 Å². The zero-order valence-electron chi connectivity index (χ0n) is 41.9. The predicted octanol–water partition coefficient (Wildman–Crippen LogP) is 5.91. The van der Waals surface area contributed by atoms with Gasteiger partial charge in [0.2, 0.25) is 17.0 Å². The van der Waals surface area contributed by atoms with E-state index in [0.717, 1.165) is 146 Å². The van der Waals surface area contributed by atoms with Crippen LogP contribution in [0.3, 0.4) is 0 Å². The topological polar surface area (TPSA) is 140 Å². The minimum atomic E-state index is -0.00803. The van der Waals surface area contributed by atoms with E-state index in [4.69, 9.17) is 21.3 Å². The second-order valence-corrected chi connectivity index (χ2v) is 21.3. The Balaban J connectivity index is 0.000000120. The Morgan fingerprint density at radius 1 is 0.522 bits per heavy atom. The molecule has 0 atom stereocenters. The Hall–Kier alpha value is -3.99. The highest BCUT2D eigenvalue weighted by molar-refractivity contribution is 6.29. The van der Waals surface area contributed by atoms with Crippen molar-refractivity contribution in [3.63, 3.8) is 0 Å². The number of hydrogen-bond donors (Lipinski definition) is 3. The van der Waals surface area contributed by atoms with Crippen LogP contribution in [0, 0.1) is 0 Å². The lowest BCUT2D eigenvalue weighted by Crippen LogP contribution is -2.46. The third-order valence-electron chi connectivity index (χ3n) is 15.4. The van der Waals surface area contributed by atoms with Gasteiger partial charge in [0.25, 0.3) is 0 Å². The van der Waals surface area contributed by atoms with Gasteiger partial charge in [0.1, 0.15) is 11.3 Å². The highest BCUT2D eigenvalue weighted by atomic mass is 35.5. The number of hydrogen-bond acceptors (Lipinski definition) is 12. The van der Waals surface area contributed by atoms with E-state index in [1.54, 1.807) is 12.1 Å². The van der Waals surface area contributed by atoms with Crippen LogP contribution in [-0.4, -0.2) is 159 Å². The summed E-state index contributed by atoms with van der Waals surface area (Å²) in [4.78, 5) is 51.0. The minimum Gasteiger partial charge on any atom is -0.474 e. The molecule has 2 aliphatic carbocycles. The van der Waals surface area contributed by atoms with Crippen molar-refractivity contribution >= 4 is 11.6 Å². The maximum atomic E-state index is 11.0. The van der Waals surface area contributed by atoms with E-state index in [9.17, 15) is 14.7 Å². The second kappa shape index (κ2) is 24.9. The van der Waals surface area contributed by atoms with Crippen LogP contribution in [0.5, 0.6) is 5.88 Å². The Bertz CT molecular complexity index is 2300. The molecule has 4 fully saturated rings. The number of aliphatic hydroxyl groups is 1. The van der Waals surface area contributed by atoms with Crippen molar-refractivity contribution in [1.82, 2.24) is 49.3 Å². The molecule has 69 heavy (non-hydrogen) atoms.